The van der Waals surface area contributed by atoms with E-state index >= 15 is 0 Å². The van der Waals surface area contributed by atoms with E-state index in [4.69, 9.17) is 20.5 Å². The number of hydrogen-bond acceptors (Lipinski definition) is 8. The van der Waals surface area contributed by atoms with E-state index in [0.717, 1.165) is 0 Å². The number of carboxylic acids is 2. The number of carbonyl (C=O) groups is 4. The number of nitrogens with one attached hydrogen (secondary N) is 2. The van der Waals surface area contributed by atoms with Crippen molar-refractivity contribution in [3.8, 4) is 0 Å². The molecule has 0 heterocycles. The highest BCUT2D eigenvalue weighted by atomic mass is 32.2. The van der Waals surface area contributed by atoms with Crippen LogP contribution in [0.2, 0.25) is 0 Å². The van der Waals surface area contributed by atoms with Gasteiger partial charge in [0.15, 0.2) is 0 Å². The molecule has 0 aromatic carbocycles. The van der Waals surface area contributed by atoms with Crippen molar-refractivity contribution < 1.29 is 42.4 Å². The minimum Gasteiger partial charge on any atom is -0.480 e. The summed E-state index contributed by atoms with van der Waals surface area (Å²) < 4.78 is 30.9. The minimum absolute atomic E-state index is 0.206. The lowest BCUT2D eigenvalue weighted by Crippen LogP contribution is -2.55. The Hall–Kier alpha value is -1.90. The normalized spacial score (nSPS) is 15.0. The molecule has 24 heavy (non-hydrogen) atoms. The highest BCUT2D eigenvalue weighted by Crippen LogP contribution is 2.17. The van der Waals surface area contributed by atoms with Crippen molar-refractivity contribution in [1.29, 1.82) is 0 Å². The maximum Gasteiger partial charge on any atom is 0.342 e. The fraction of sp³-hybridized carbons (Fsp3) is 0.600. The molecule has 0 saturated carbocycles. The van der Waals surface area contributed by atoms with Gasteiger partial charge in [-0.2, -0.15) is 21.0 Å². The molecule has 2 unspecified atom stereocenters. The standard InChI is InChI=1S/C10H17N3O9S2/c11-10(9(18)19,24(20,21)22)2-1-6(14)13-5(4-23)8(17)12-3-7(15)16/h5,23H,1-4,11H2,(H,12,17)(H,13,14)(H,15,16)(H,18,19)(H,20,21,22). The molecular formula is C10H17N3O9S2. The predicted octanol–water partition coefficient (Wildman–Crippen LogP) is -2.99. The summed E-state index contributed by atoms with van der Waals surface area (Å²) in [6, 6.07) is -1.23. The predicted molar refractivity (Wildman–Crippen MR) is 81.8 cm³/mol. The zero-order chi connectivity index (χ0) is 19.1. The summed E-state index contributed by atoms with van der Waals surface area (Å²) in [6.07, 6.45) is -1.69. The third kappa shape index (κ3) is 6.31. The van der Waals surface area contributed by atoms with Crippen molar-refractivity contribution in [3.63, 3.8) is 0 Å². The quantitative estimate of drug-likeness (QED) is 0.149. The molecule has 0 saturated heterocycles. The van der Waals surface area contributed by atoms with E-state index in [2.05, 4.69) is 17.9 Å². The maximum absolute atomic E-state index is 11.7. The Morgan fingerprint density at radius 1 is 1.21 bits per heavy atom. The van der Waals surface area contributed by atoms with E-state index < -0.39 is 64.2 Å². The number of hydrogen-bond donors (Lipinski definition) is 7. The van der Waals surface area contributed by atoms with Crippen LogP contribution < -0.4 is 16.4 Å². The van der Waals surface area contributed by atoms with E-state index in [1.165, 1.54) is 0 Å². The number of amides is 2. The molecule has 0 aliphatic carbocycles. The molecule has 14 heteroatoms. The van der Waals surface area contributed by atoms with E-state index in [1.807, 2.05) is 5.32 Å². The summed E-state index contributed by atoms with van der Waals surface area (Å²) in [5.74, 6) is -5.37. The second-order valence-corrected chi connectivity index (χ2v) is 6.63. The van der Waals surface area contributed by atoms with E-state index in [-0.39, 0.29) is 5.75 Å². The summed E-state index contributed by atoms with van der Waals surface area (Å²) in [5.41, 5.74) is 5.09. The van der Waals surface area contributed by atoms with Gasteiger partial charge in [0.25, 0.3) is 10.1 Å². The smallest absolute Gasteiger partial charge is 0.342 e. The van der Waals surface area contributed by atoms with Crippen molar-refractivity contribution in [3.05, 3.63) is 0 Å². The Balaban J connectivity index is 4.79. The molecule has 0 spiro atoms. The fourth-order valence-corrected chi connectivity index (χ4v) is 2.23. The molecule has 7 N–H and O–H groups in total. The van der Waals surface area contributed by atoms with Crippen LogP contribution in [0, 0.1) is 0 Å². The molecule has 138 valence electrons. The minimum atomic E-state index is -5.19. The van der Waals surface area contributed by atoms with Gasteiger partial charge in [-0.05, 0) is 0 Å². The third-order valence-corrected chi connectivity index (χ3v) is 4.46. The van der Waals surface area contributed by atoms with Crippen molar-refractivity contribution in [2.45, 2.75) is 23.8 Å². The molecule has 0 bridgehead atoms. The Bertz CT molecular complexity index is 621. The zero-order valence-corrected chi connectivity index (χ0v) is 13.8. The Kier molecular flexibility index (Phi) is 8.12. The van der Waals surface area contributed by atoms with Crippen molar-refractivity contribution in [1.82, 2.24) is 10.6 Å². The first-order valence-corrected chi connectivity index (χ1v) is 8.31. The lowest BCUT2D eigenvalue weighted by molar-refractivity contribution is -0.140. The third-order valence-electron chi connectivity index (χ3n) is 2.79. The molecule has 0 aromatic rings. The van der Waals surface area contributed by atoms with Crippen LogP contribution in [0.5, 0.6) is 0 Å². The van der Waals surface area contributed by atoms with Crippen molar-refractivity contribution in [2.75, 3.05) is 12.3 Å². The largest absolute Gasteiger partial charge is 0.480 e. The van der Waals surface area contributed by atoms with Gasteiger partial charge in [0.1, 0.15) is 12.6 Å². The van der Waals surface area contributed by atoms with Crippen LogP contribution in [0.15, 0.2) is 0 Å². The summed E-state index contributed by atoms with van der Waals surface area (Å²) in [5, 5.41) is 21.3. The number of aliphatic carboxylic acids is 2. The first-order chi connectivity index (χ1) is 10.8. The molecule has 0 fully saturated rings. The van der Waals surface area contributed by atoms with Crippen molar-refractivity contribution >= 4 is 46.5 Å². The van der Waals surface area contributed by atoms with Crippen LogP contribution in [0.1, 0.15) is 12.8 Å². The second kappa shape index (κ2) is 8.81. The van der Waals surface area contributed by atoms with Crippen LogP contribution in [0.25, 0.3) is 0 Å². The highest BCUT2D eigenvalue weighted by molar-refractivity contribution is 7.88. The van der Waals surface area contributed by atoms with Crippen LogP contribution in [-0.4, -0.2) is 70.1 Å². The van der Waals surface area contributed by atoms with Gasteiger partial charge in [-0.15, -0.1) is 0 Å². The maximum atomic E-state index is 11.7. The van der Waals surface area contributed by atoms with Gasteiger partial charge in [-0.3, -0.25) is 18.9 Å². The zero-order valence-electron chi connectivity index (χ0n) is 12.1. The number of carboxylic acid groups (broad SMARTS) is 2. The molecular weight excluding hydrogens is 370 g/mol. The van der Waals surface area contributed by atoms with Crippen LogP contribution in [-0.2, 0) is 29.3 Å². The van der Waals surface area contributed by atoms with Gasteiger partial charge in [-0.25, -0.2) is 4.79 Å². The molecule has 0 aliphatic rings. The Labute approximate surface area is 141 Å². The van der Waals surface area contributed by atoms with Gasteiger partial charge in [0.05, 0.1) is 0 Å². The van der Waals surface area contributed by atoms with E-state index in [0.29, 0.717) is 0 Å². The lowest BCUT2D eigenvalue weighted by atomic mass is 10.1. The van der Waals surface area contributed by atoms with Gasteiger partial charge in [-0.1, -0.05) is 0 Å². The molecule has 12 nitrogen and oxygen atoms in total. The second-order valence-electron chi connectivity index (χ2n) is 4.58. The summed E-state index contributed by atoms with van der Waals surface area (Å²) >= 11 is 3.80. The number of carbonyl (C=O) groups excluding carboxylic acids is 2. The monoisotopic (exact) mass is 387 g/mol. The average molecular weight is 387 g/mol. The molecule has 0 rings (SSSR count). The van der Waals surface area contributed by atoms with Gasteiger partial charge in [0.2, 0.25) is 16.7 Å². The molecule has 0 radical (unpaired) electrons. The molecule has 0 aliphatic heterocycles. The average Bonchev–Trinajstić information content (AvgIpc) is 2.46. The molecule has 0 aromatic heterocycles. The first kappa shape index (κ1) is 22.1. The highest BCUT2D eigenvalue weighted by Gasteiger charge is 2.47. The molecule has 2 amide bonds. The van der Waals surface area contributed by atoms with Gasteiger partial charge < -0.3 is 26.6 Å². The Morgan fingerprint density at radius 2 is 1.75 bits per heavy atom. The summed E-state index contributed by atoms with van der Waals surface area (Å²) in [6.45, 7) is -0.688. The number of rotatable bonds is 10. The van der Waals surface area contributed by atoms with Gasteiger partial charge in [0, 0.05) is 18.6 Å². The SMILES string of the molecule is NC(CCC(=O)NC(CS)C(=O)NCC(=O)O)(C(=O)O)S(=O)(=O)O. The van der Waals surface area contributed by atoms with Crippen LogP contribution >= 0.6 is 12.6 Å². The van der Waals surface area contributed by atoms with Crippen molar-refractivity contribution in [2.24, 2.45) is 5.73 Å². The van der Waals surface area contributed by atoms with E-state index in [1.54, 1.807) is 0 Å². The van der Waals surface area contributed by atoms with Crippen LogP contribution in [0.4, 0.5) is 0 Å². The number of nitrogens with two attached hydrogens (primary N) is 1. The molecule has 2 atom stereocenters. The summed E-state index contributed by atoms with van der Waals surface area (Å²) in [4.78, 5) is 41.4. The first-order valence-electron chi connectivity index (χ1n) is 6.24. The number of thiol groups is 1. The lowest BCUT2D eigenvalue weighted by Gasteiger charge is -2.21. The fourth-order valence-electron chi connectivity index (χ4n) is 1.39. The van der Waals surface area contributed by atoms with Crippen LogP contribution in [0.3, 0.4) is 0 Å². The Morgan fingerprint density at radius 3 is 2.12 bits per heavy atom. The summed E-state index contributed by atoms with van der Waals surface area (Å²) in [7, 11) is -5.19. The topological polar surface area (TPSA) is 213 Å². The van der Waals surface area contributed by atoms with E-state index in [9.17, 15) is 27.6 Å². The van der Waals surface area contributed by atoms with Gasteiger partial charge >= 0.3 is 11.9 Å².